The zero-order valence-corrected chi connectivity index (χ0v) is 34.0. The summed E-state index contributed by atoms with van der Waals surface area (Å²) >= 11 is 0. The van der Waals surface area contributed by atoms with E-state index in [1.165, 1.54) is 78.9 Å². The molecule has 0 saturated heterocycles. The Bertz CT molecular complexity index is 1650. The molecule has 0 N–H and O–H groups in total. The van der Waals surface area contributed by atoms with Crippen molar-refractivity contribution in [2.24, 2.45) is 0 Å². The average molecular weight is 787 g/mol. The van der Waals surface area contributed by atoms with Gasteiger partial charge in [0.2, 0.25) is 0 Å². The summed E-state index contributed by atoms with van der Waals surface area (Å²) in [6.45, 7) is 17.9. The first-order chi connectivity index (χ1) is 21.8. The Kier molecular flexibility index (Phi) is 15.1. The van der Waals surface area contributed by atoms with Gasteiger partial charge in [0.1, 0.15) is 0 Å². The molecule has 2 heteroatoms. The molecule has 6 aromatic carbocycles. The minimum absolute atomic E-state index is 0. The monoisotopic (exact) mass is 788 g/mol. The maximum absolute atomic E-state index is 2.37. The second-order valence-corrected chi connectivity index (χ2v) is 13.8. The van der Waals surface area contributed by atoms with Crippen LogP contribution in [0.4, 0.5) is 0 Å². The quantitative estimate of drug-likeness (QED) is 0.106. The van der Waals surface area contributed by atoms with Crippen molar-refractivity contribution in [3.8, 4) is 22.3 Å². The summed E-state index contributed by atoms with van der Waals surface area (Å²) in [7, 11) is 1.08. The molecule has 0 spiro atoms. The van der Waals surface area contributed by atoms with E-state index in [0.29, 0.717) is 11.8 Å². The normalized spacial score (nSPS) is 10.8. The maximum Gasteiger partial charge on any atom is 0.0307 e. The Morgan fingerprint density at radius 2 is 0.870 bits per heavy atom. The van der Waals surface area contributed by atoms with Crippen molar-refractivity contribution in [3.05, 3.63) is 131 Å². The number of fused-ring (bicyclic) bond motifs is 2. The molecule has 0 aliphatic rings. The van der Waals surface area contributed by atoms with Crippen LogP contribution in [0.25, 0.3) is 43.8 Å². The van der Waals surface area contributed by atoms with Gasteiger partial charge in [0.15, 0.2) is 0 Å². The van der Waals surface area contributed by atoms with Crippen LogP contribution in [0.15, 0.2) is 109 Å². The van der Waals surface area contributed by atoms with Gasteiger partial charge in [-0.1, -0.05) is 139 Å². The minimum Gasteiger partial charge on any atom is -0.164 e. The summed E-state index contributed by atoms with van der Waals surface area (Å²) in [4.78, 5) is 0. The molecule has 0 unspecified atom stereocenters. The van der Waals surface area contributed by atoms with Crippen LogP contribution in [0.1, 0.15) is 88.5 Å². The Morgan fingerprint density at radius 1 is 0.522 bits per heavy atom. The number of benzene rings is 4. The molecule has 0 nitrogen and oxygen atoms in total. The summed E-state index contributed by atoms with van der Waals surface area (Å²) < 4.78 is 0. The molecule has 0 heterocycles. The fourth-order valence-electron chi connectivity index (χ4n) is 6.19. The number of hydrogen-bond donors (Lipinski definition) is 0. The van der Waals surface area contributed by atoms with Crippen molar-refractivity contribution >= 4 is 31.1 Å². The Hall–Kier alpha value is -2.81. The largest absolute Gasteiger partial charge is 0.164 e. The fourth-order valence-corrected chi connectivity index (χ4v) is 6.19. The van der Waals surface area contributed by atoms with Crippen LogP contribution in [0.5, 0.6) is 0 Å². The summed E-state index contributed by atoms with van der Waals surface area (Å²) in [5, 5.41) is 5.51. The Morgan fingerprint density at radius 3 is 1.22 bits per heavy atom. The van der Waals surface area contributed by atoms with Crippen molar-refractivity contribution < 1.29 is 25.8 Å². The van der Waals surface area contributed by atoms with Gasteiger partial charge in [-0.3, -0.25) is 0 Å². The van der Waals surface area contributed by atoms with E-state index in [4.69, 9.17) is 0 Å². The molecular weight excluding hydrogens is 735 g/mol. The van der Waals surface area contributed by atoms with Gasteiger partial charge in [-0.2, -0.15) is 12.1 Å². The van der Waals surface area contributed by atoms with E-state index in [2.05, 4.69) is 164 Å². The minimum atomic E-state index is 0. The topological polar surface area (TPSA) is 0 Å². The fraction of sp³-hybridized carbons (Fsp3) is 0.318. The molecule has 0 aromatic heterocycles. The molecule has 0 aliphatic heterocycles. The Labute approximate surface area is 301 Å². The number of rotatable bonds is 8. The van der Waals surface area contributed by atoms with Crippen LogP contribution < -0.4 is 0 Å². The Balaban J connectivity index is 0.000000226. The van der Waals surface area contributed by atoms with Crippen LogP contribution in [0, 0.1) is 0 Å². The van der Waals surface area contributed by atoms with Gasteiger partial charge in [0.05, 0.1) is 0 Å². The molecule has 238 valence electrons. The van der Waals surface area contributed by atoms with Crippen molar-refractivity contribution in [3.63, 3.8) is 0 Å². The van der Waals surface area contributed by atoms with Crippen LogP contribution in [0.3, 0.4) is 0 Å². The van der Waals surface area contributed by atoms with Gasteiger partial charge >= 0.3 is 0 Å². The van der Waals surface area contributed by atoms with Crippen molar-refractivity contribution in [2.45, 2.75) is 92.2 Å². The second-order valence-electron chi connectivity index (χ2n) is 12.8. The summed E-state index contributed by atoms with van der Waals surface area (Å²) in [5.74, 6) is 1.16. The van der Waals surface area contributed by atoms with E-state index in [9.17, 15) is 0 Å². The molecule has 0 fully saturated rings. The van der Waals surface area contributed by atoms with E-state index in [1.807, 2.05) is 0 Å². The van der Waals surface area contributed by atoms with Gasteiger partial charge in [0.25, 0.3) is 0 Å². The van der Waals surface area contributed by atoms with E-state index < -0.39 is 0 Å². The molecule has 6 aromatic rings. The SMILES string of the molecule is CCCc1ccccc1-c1cccc2[cH-]c(C(C)C)cc12.CCCc1ccccc1-c1cccc2[cH-]c(C(C)C)cc12.C[Si]C.[Hf]. The third-order valence-electron chi connectivity index (χ3n) is 8.53. The van der Waals surface area contributed by atoms with Crippen molar-refractivity contribution in [1.29, 1.82) is 0 Å². The van der Waals surface area contributed by atoms with Gasteiger partial charge in [-0.25, -0.2) is 0 Å². The first kappa shape index (κ1) is 37.6. The second kappa shape index (κ2) is 18.5. The number of hydrogen-bond acceptors (Lipinski definition) is 0. The zero-order valence-electron chi connectivity index (χ0n) is 29.4. The predicted octanol–water partition coefficient (Wildman–Crippen LogP) is 13.4. The summed E-state index contributed by atoms with van der Waals surface area (Å²) in [6, 6.07) is 40.5. The molecule has 0 atom stereocenters. The van der Waals surface area contributed by atoms with Crippen molar-refractivity contribution in [1.82, 2.24) is 0 Å². The van der Waals surface area contributed by atoms with Gasteiger partial charge in [0, 0.05) is 35.4 Å². The van der Waals surface area contributed by atoms with E-state index in [1.54, 1.807) is 0 Å². The average Bonchev–Trinajstić information content (AvgIpc) is 3.68. The molecule has 0 bridgehead atoms. The molecule has 2 radical (unpaired) electrons. The molecule has 0 saturated carbocycles. The third kappa shape index (κ3) is 9.17. The number of aryl methyl sites for hydroxylation is 2. The third-order valence-corrected chi connectivity index (χ3v) is 8.53. The van der Waals surface area contributed by atoms with Crippen LogP contribution in [-0.2, 0) is 38.7 Å². The molecule has 0 aliphatic carbocycles. The summed E-state index contributed by atoms with van der Waals surface area (Å²) in [5.41, 5.74) is 11.3. The summed E-state index contributed by atoms with van der Waals surface area (Å²) in [6.07, 6.45) is 4.66. The van der Waals surface area contributed by atoms with Crippen LogP contribution in [0.2, 0.25) is 13.1 Å². The zero-order chi connectivity index (χ0) is 32.3. The van der Waals surface area contributed by atoms with Crippen LogP contribution >= 0.6 is 0 Å². The molecular formula is C44H52HfSi-2. The van der Waals surface area contributed by atoms with E-state index in [-0.39, 0.29) is 25.8 Å². The predicted molar refractivity (Wildman–Crippen MR) is 204 cm³/mol. The van der Waals surface area contributed by atoms with E-state index >= 15 is 0 Å². The van der Waals surface area contributed by atoms with Gasteiger partial charge < -0.3 is 0 Å². The molecule has 6 rings (SSSR count). The molecule has 0 amide bonds. The maximum atomic E-state index is 2.37. The van der Waals surface area contributed by atoms with Crippen molar-refractivity contribution in [2.75, 3.05) is 0 Å². The molecule has 46 heavy (non-hydrogen) atoms. The van der Waals surface area contributed by atoms with Crippen LogP contribution in [-0.4, -0.2) is 9.52 Å². The van der Waals surface area contributed by atoms with Gasteiger partial charge in [-0.05, 0) is 46.9 Å². The smallest absolute Gasteiger partial charge is 0.0307 e. The first-order valence-electron chi connectivity index (χ1n) is 17.0. The standard InChI is InChI=1S/2C21H23.C2H6Si.Hf/c2*1-4-8-16-9-5-6-11-19(16)20-12-7-10-17-13-18(15(2)3)14-21(17)20;1-3-2;/h2*5-7,9-15H,4,8H2,1-3H3;1-2H3;/q2*-1;;. The van der Waals surface area contributed by atoms with Gasteiger partial charge in [-0.15, -0.1) is 69.1 Å². The van der Waals surface area contributed by atoms with E-state index in [0.717, 1.165) is 22.4 Å². The first-order valence-corrected chi connectivity index (χ1v) is 19.0.